The van der Waals surface area contributed by atoms with Crippen molar-refractivity contribution >= 4 is 40.1 Å². The third-order valence-electron chi connectivity index (χ3n) is 4.78. The van der Waals surface area contributed by atoms with E-state index in [0.29, 0.717) is 13.1 Å². The van der Waals surface area contributed by atoms with Crippen LogP contribution in [-0.2, 0) is 11.3 Å². The highest BCUT2D eigenvalue weighted by Crippen LogP contribution is 2.23. The smallest absolute Gasteiger partial charge is 0.475 e. The van der Waals surface area contributed by atoms with Gasteiger partial charge in [0.25, 0.3) is 0 Å². The highest BCUT2D eigenvalue weighted by molar-refractivity contribution is 7.07. The first kappa shape index (κ1) is 25.7. The number of hydrogen-bond acceptors (Lipinski definition) is 5. The second-order valence-corrected chi connectivity index (χ2v) is 8.15. The van der Waals surface area contributed by atoms with Crippen molar-refractivity contribution in [2.75, 3.05) is 11.9 Å². The number of anilines is 1. The number of carbonyl (C=O) groups is 2. The number of nitrogens with zero attached hydrogens (tertiary/aromatic N) is 3. The van der Waals surface area contributed by atoms with Gasteiger partial charge in [-0.15, -0.1) is 11.3 Å². The third kappa shape index (κ3) is 7.03. The van der Waals surface area contributed by atoms with Crippen LogP contribution >= 0.6 is 11.3 Å². The number of thiazole rings is 1. The molecule has 0 saturated heterocycles. The summed E-state index contributed by atoms with van der Waals surface area (Å²) >= 11 is 1.53. The largest absolute Gasteiger partial charge is 0.490 e. The topological polar surface area (TPSA) is 111 Å². The number of aliphatic carboxylic acids is 1. The fourth-order valence-electron chi connectivity index (χ4n) is 3.09. The number of carboxylic acids is 1. The van der Waals surface area contributed by atoms with Gasteiger partial charge in [0, 0.05) is 24.2 Å². The summed E-state index contributed by atoms with van der Waals surface area (Å²) in [6.07, 6.45) is -5.08. The molecule has 184 valence electrons. The molecule has 0 aliphatic carbocycles. The van der Waals surface area contributed by atoms with Crippen molar-refractivity contribution in [3.63, 3.8) is 0 Å². The van der Waals surface area contributed by atoms with E-state index < -0.39 is 12.1 Å². The molecule has 0 aliphatic heterocycles. The number of fused-ring (bicyclic) bond motifs is 1. The molecule has 2 aromatic carbocycles. The summed E-state index contributed by atoms with van der Waals surface area (Å²) in [7, 11) is 0. The first-order valence-electron chi connectivity index (χ1n) is 10.4. The van der Waals surface area contributed by atoms with E-state index in [1.54, 1.807) is 10.4 Å². The van der Waals surface area contributed by atoms with E-state index in [0.717, 1.165) is 33.8 Å². The lowest BCUT2D eigenvalue weighted by atomic mass is 10.1. The van der Waals surface area contributed by atoms with E-state index in [-0.39, 0.29) is 6.03 Å². The number of alkyl halides is 3. The molecule has 0 atom stereocenters. The highest BCUT2D eigenvalue weighted by atomic mass is 32.1. The Morgan fingerprint density at radius 1 is 1.20 bits per heavy atom. The van der Waals surface area contributed by atoms with Gasteiger partial charge in [0.05, 0.1) is 16.5 Å². The number of nitrogens with one attached hydrogen (secondary N) is 2. The highest BCUT2D eigenvalue weighted by Gasteiger charge is 2.38. The van der Waals surface area contributed by atoms with Crippen LogP contribution in [0.2, 0.25) is 0 Å². The number of halogens is 3. The molecule has 0 unspecified atom stereocenters. The summed E-state index contributed by atoms with van der Waals surface area (Å²) in [4.78, 5) is 35.5. The number of imidazole rings is 1. The van der Waals surface area contributed by atoms with E-state index >= 15 is 0 Å². The number of hydrogen-bond donors (Lipinski definition) is 3. The zero-order valence-corrected chi connectivity index (χ0v) is 19.6. The average Bonchev–Trinajstić information content (AvgIpc) is 3.46. The lowest BCUT2D eigenvalue weighted by Gasteiger charge is -2.21. The van der Waals surface area contributed by atoms with Crippen LogP contribution in [0.5, 0.6) is 0 Å². The van der Waals surface area contributed by atoms with Gasteiger partial charge in [0.2, 0.25) is 0 Å². The Kier molecular flexibility index (Phi) is 8.07. The van der Waals surface area contributed by atoms with Gasteiger partial charge in [-0.05, 0) is 37.6 Å². The van der Waals surface area contributed by atoms with Crippen molar-refractivity contribution in [1.29, 1.82) is 0 Å². The molecule has 12 heteroatoms. The van der Waals surface area contributed by atoms with Gasteiger partial charge < -0.3 is 20.3 Å². The van der Waals surface area contributed by atoms with Gasteiger partial charge in [-0.2, -0.15) is 13.2 Å². The fraction of sp³-hybridized carbons (Fsp3) is 0.217. The van der Waals surface area contributed by atoms with E-state index in [1.165, 1.54) is 16.9 Å². The van der Waals surface area contributed by atoms with Gasteiger partial charge >= 0.3 is 18.2 Å². The Labute approximate surface area is 202 Å². The minimum absolute atomic E-state index is 0.126. The Hall–Kier alpha value is -3.93. The first-order valence-corrected chi connectivity index (χ1v) is 11.3. The molecule has 0 radical (unpaired) electrons. The Morgan fingerprint density at radius 2 is 1.94 bits per heavy atom. The molecule has 0 aliphatic rings. The zero-order valence-electron chi connectivity index (χ0n) is 18.8. The molecule has 35 heavy (non-hydrogen) atoms. The van der Waals surface area contributed by atoms with Crippen molar-refractivity contribution in [2.45, 2.75) is 26.6 Å². The maximum Gasteiger partial charge on any atom is 0.490 e. The van der Waals surface area contributed by atoms with Crippen LogP contribution in [0.4, 0.5) is 23.7 Å². The van der Waals surface area contributed by atoms with Crippen LogP contribution in [0.3, 0.4) is 0 Å². The number of aryl methyl sites for hydroxylation is 1. The SMILES string of the molecule is CCN(Cc1cccc(C)c1)C(=O)Nc1ccc2[nH]c(-c3cscn3)nc2c1.O=C(O)C(F)(F)F. The Bertz CT molecular complexity index is 1310. The summed E-state index contributed by atoms with van der Waals surface area (Å²) in [6, 6.07) is 13.8. The van der Waals surface area contributed by atoms with Crippen molar-refractivity contribution in [3.8, 4) is 11.5 Å². The molecule has 4 rings (SSSR count). The predicted octanol–water partition coefficient (Wildman–Crippen LogP) is 5.68. The van der Waals surface area contributed by atoms with Gasteiger partial charge in [-0.3, -0.25) is 0 Å². The minimum atomic E-state index is -5.08. The van der Waals surface area contributed by atoms with Crippen LogP contribution in [0.25, 0.3) is 22.6 Å². The lowest BCUT2D eigenvalue weighted by molar-refractivity contribution is -0.192. The van der Waals surface area contributed by atoms with Crippen LogP contribution in [0.15, 0.2) is 53.4 Å². The van der Waals surface area contributed by atoms with Gasteiger partial charge in [0.15, 0.2) is 5.82 Å². The number of benzene rings is 2. The number of rotatable bonds is 5. The summed E-state index contributed by atoms with van der Waals surface area (Å²) in [6.45, 7) is 5.23. The van der Waals surface area contributed by atoms with Crippen LogP contribution in [-0.4, -0.2) is 49.7 Å². The molecule has 3 N–H and O–H groups in total. The summed E-state index contributed by atoms with van der Waals surface area (Å²) in [5, 5.41) is 12.1. The number of carbonyl (C=O) groups excluding carboxylic acids is 1. The Balaban J connectivity index is 0.000000429. The molecule has 4 aromatic rings. The molecule has 2 heterocycles. The van der Waals surface area contributed by atoms with E-state index in [2.05, 4.69) is 39.3 Å². The van der Waals surface area contributed by atoms with E-state index in [1.807, 2.05) is 42.6 Å². The predicted molar refractivity (Wildman–Crippen MR) is 127 cm³/mol. The standard InChI is InChI=1S/C21H21N5OS.C2HF3O2/c1-3-26(11-15-6-4-5-14(2)9-15)21(27)23-16-7-8-17-18(10-16)25-20(24-17)19-12-28-13-22-19;3-2(4,5)1(6)7/h4-10,12-13H,3,11H2,1-2H3,(H,23,27)(H,24,25);(H,6,7). The Morgan fingerprint density at radius 3 is 2.54 bits per heavy atom. The van der Waals surface area contributed by atoms with Crippen LogP contribution < -0.4 is 5.32 Å². The molecule has 0 spiro atoms. The molecule has 2 amide bonds. The monoisotopic (exact) mass is 505 g/mol. The quantitative estimate of drug-likeness (QED) is 0.323. The van der Waals surface area contributed by atoms with Crippen LogP contribution in [0.1, 0.15) is 18.1 Å². The number of carboxylic acid groups (broad SMARTS) is 1. The van der Waals surface area contributed by atoms with Crippen molar-refractivity contribution in [3.05, 3.63) is 64.5 Å². The van der Waals surface area contributed by atoms with Crippen LogP contribution in [0, 0.1) is 6.92 Å². The normalized spacial score (nSPS) is 11.0. The van der Waals surface area contributed by atoms with Gasteiger partial charge in [-0.1, -0.05) is 29.8 Å². The number of urea groups is 1. The number of aromatic nitrogens is 3. The maximum atomic E-state index is 12.7. The molecule has 0 bridgehead atoms. The van der Waals surface area contributed by atoms with Gasteiger partial charge in [-0.25, -0.2) is 19.6 Å². The van der Waals surface area contributed by atoms with Crippen molar-refractivity contribution in [1.82, 2.24) is 19.9 Å². The number of amides is 2. The average molecular weight is 506 g/mol. The fourth-order valence-corrected chi connectivity index (χ4v) is 3.63. The molecular formula is C23H22F3N5O3S. The second-order valence-electron chi connectivity index (χ2n) is 7.43. The summed E-state index contributed by atoms with van der Waals surface area (Å²) < 4.78 is 31.7. The number of aromatic amines is 1. The molecule has 8 nitrogen and oxygen atoms in total. The molecule has 0 saturated carbocycles. The number of H-pyrrole nitrogens is 1. The van der Waals surface area contributed by atoms with E-state index in [4.69, 9.17) is 9.90 Å². The molecule has 0 fully saturated rings. The zero-order chi connectivity index (χ0) is 25.6. The third-order valence-corrected chi connectivity index (χ3v) is 5.36. The molecule has 2 aromatic heterocycles. The molecular weight excluding hydrogens is 483 g/mol. The summed E-state index contributed by atoms with van der Waals surface area (Å²) in [5.74, 6) is -2.03. The van der Waals surface area contributed by atoms with Crippen molar-refractivity contribution < 1.29 is 27.9 Å². The maximum absolute atomic E-state index is 12.7. The lowest BCUT2D eigenvalue weighted by Crippen LogP contribution is -2.34. The second kappa shape index (κ2) is 11.0. The first-order chi connectivity index (χ1) is 16.6. The minimum Gasteiger partial charge on any atom is -0.475 e. The van der Waals surface area contributed by atoms with E-state index in [9.17, 15) is 18.0 Å². The van der Waals surface area contributed by atoms with Crippen molar-refractivity contribution in [2.24, 2.45) is 0 Å². The van der Waals surface area contributed by atoms with Gasteiger partial charge in [0.1, 0.15) is 5.69 Å². The summed E-state index contributed by atoms with van der Waals surface area (Å²) in [5.41, 5.74) is 7.33.